The zero-order valence-corrected chi connectivity index (χ0v) is 14.0. The van der Waals surface area contributed by atoms with E-state index in [1.807, 2.05) is 54.6 Å². The molecule has 0 aliphatic carbocycles. The monoisotopic (exact) mass is 420 g/mol. The lowest BCUT2D eigenvalue weighted by molar-refractivity contribution is -0.135. The molecule has 2 rings (SSSR count). The predicted octanol–water partition coefficient (Wildman–Crippen LogP) is 6.17. The predicted molar refractivity (Wildman–Crippen MR) is 89.8 cm³/mol. The van der Waals surface area contributed by atoms with E-state index in [1.165, 1.54) is 0 Å². The fourth-order valence-electron chi connectivity index (χ4n) is 2.00. The van der Waals surface area contributed by atoms with E-state index in [1.54, 1.807) is 0 Å². The molecule has 0 heterocycles. The Morgan fingerprint density at radius 3 is 2.09 bits per heavy atom. The first-order valence-electron chi connectivity index (χ1n) is 6.95. The van der Waals surface area contributed by atoms with Crippen LogP contribution in [0.2, 0.25) is 0 Å². The average Bonchev–Trinajstić information content (AvgIpc) is 2.48. The minimum atomic E-state index is -4.07. The van der Waals surface area contributed by atoms with Crippen molar-refractivity contribution in [2.75, 3.05) is 0 Å². The standard InChI is InChI=1S/C17H16F3IO/c18-17(19,20)11-10-14(21)12-13-6-8-16(9-7-13)22-15-4-2-1-3-5-15/h1-9,14H,10-12H2. The third kappa shape index (κ3) is 6.25. The third-order valence-electron chi connectivity index (χ3n) is 3.10. The van der Waals surface area contributed by atoms with Gasteiger partial charge in [0.1, 0.15) is 11.5 Å². The van der Waals surface area contributed by atoms with Crippen LogP contribution in [0.25, 0.3) is 0 Å². The number of rotatable bonds is 6. The Balaban J connectivity index is 1.86. The number of para-hydroxylation sites is 1. The van der Waals surface area contributed by atoms with Crippen molar-refractivity contribution in [1.82, 2.24) is 0 Å². The van der Waals surface area contributed by atoms with Crippen molar-refractivity contribution < 1.29 is 17.9 Å². The molecule has 0 amide bonds. The zero-order valence-electron chi connectivity index (χ0n) is 11.8. The van der Waals surface area contributed by atoms with Gasteiger partial charge < -0.3 is 4.74 Å². The van der Waals surface area contributed by atoms with Crippen molar-refractivity contribution in [3.8, 4) is 11.5 Å². The highest BCUT2D eigenvalue weighted by Gasteiger charge is 2.27. The Kier molecular flexibility index (Phi) is 6.11. The van der Waals surface area contributed by atoms with Crippen LogP contribution in [0.15, 0.2) is 54.6 Å². The maximum Gasteiger partial charge on any atom is 0.389 e. The Hall–Kier alpha value is -1.24. The second kappa shape index (κ2) is 7.85. The summed E-state index contributed by atoms with van der Waals surface area (Å²) < 4.78 is 42.2. The van der Waals surface area contributed by atoms with Gasteiger partial charge in [-0.1, -0.05) is 52.9 Å². The highest BCUT2D eigenvalue weighted by molar-refractivity contribution is 14.1. The average molecular weight is 420 g/mol. The number of halogens is 4. The molecule has 0 saturated heterocycles. The fourth-order valence-corrected chi connectivity index (χ4v) is 2.82. The zero-order chi connectivity index (χ0) is 16.0. The molecule has 1 atom stereocenters. The fraction of sp³-hybridized carbons (Fsp3) is 0.294. The number of ether oxygens (including phenoxy) is 1. The van der Waals surface area contributed by atoms with Gasteiger partial charge in [-0.05, 0) is 42.7 Å². The topological polar surface area (TPSA) is 9.23 Å². The molecule has 0 radical (unpaired) electrons. The largest absolute Gasteiger partial charge is 0.457 e. The van der Waals surface area contributed by atoms with Crippen LogP contribution in [0.5, 0.6) is 11.5 Å². The Morgan fingerprint density at radius 2 is 1.50 bits per heavy atom. The molecular weight excluding hydrogens is 404 g/mol. The molecular formula is C17H16F3IO. The number of alkyl halides is 4. The van der Waals surface area contributed by atoms with Gasteiger partial charge in [-0.3, -0.25) is 0 Å². The van der Waals surface area contributed by atoms with Crippen molar-refractivity contribution in [1.29, 1.82) is 0 Å². The molecule has 1 unspecified atom stereocenters. The van der Waals surface area contributed by atoms with Crippen LogP contribution in [0, 0.1) is 0 Å². The van der Waals surface area contributed by atoms with Crippen molar-refractivity contribution in [3.63, 3.8) is 0 Å². The number of benzene rings is 2. The minimum absolute atomic E-state index is 0.0277. The molecule has 0 aliphatic rings. The van der Waals surface area contributed by atoms with Gasteiger partial charge >= 0.3 is 6.18 Å². The number of hydrogen-bond donors (Lipinski definition) is 0. The van der Waals surface area contributed by atoms with Crippen molar-refractivity contribution in [2.45, 2.75) is 29.4 Å². The molecule has 1 nitrogen and oxygen atoms in total. The molecule has 5 heteroatoms. The summed E-state index contributed by atoms with van der Waals surface area (Å²) in [6.45, 7) is 0. The van der Waals surface area contributed by atoms with E-state index in [2.05, 4.69) is 22.6 Å². The van der Waals surface area contributed by atoms with Gasteiger partial charge in [0.05, 0.1) is 0 Å². The van der Waals surface area contributed by atoms with E-state index in [0.29, 0.717) is 6.42 Å². The molecule has 0 N–H and O–H groups in total. The highest BCUT2D eigenvalue weighted by Crippen LogP contribution is 2.27. The second-order valence-corrected chi connectivity index (χ2v) is 6.78. The summed E-state index contributed by atoms with van der Waals surface area (Å²) in [5, 5.41) is 0. The summed E-state index contributed by atoms with van der Waals surface area (Å²) in [6, 6.07) is 16.9. The normalized spacial score (nSPS) is 12.9. The lowest BCUT2D eigenvalue weighted by atomic mass is 10.1. The Bertz CT molecular complexity index is 567. The van der Waals surface area contributed by atoms with Crippen LogP contribution in [0.3, 0.4) is 0 Å². The van der Waals surface area contributed by atoms with Crippen LogP contribution in [0.1, 0.15) is 18.4 Å². The quantitative estimate of drug-likeness (QED) is 0.401. The summed E-state index contributed by atoms with van der Waals surface area (Å²) in [6.07, 6.45) is -4.03. The molecule has 118 valence electrons. The van der Waals surface area contributed by atoms with Gasteiger partial charge in [-0.2, -0.15) is 13.2 Å². The van der Waals surface area contributed by atoms with Gasteiger partial charge in [0.2, 0.25) is 0 Å². The van der Waals surface area contributed by atoms with Crippen LogP contribution in [0.4, 0.5) is 13.2 Å². The molecule has 2 aromatic rings. The van der Waals surface area contributed by atoms with Gasteiger partial charge in [-0.15, -0.1) is 0 Å². The molecule has 0 aromatic heterocycles. The molecule has 0 fully saturated rings. The smallest absolute Gasteiger partial charge is 0.389 e. The molecule has 22 heavy (non-hydrogen) atoms. The van der Waals surface area contributed by atoms with Gasteiger partial charge in [0.15, 0.2) is 0 Å². The molecule has 0 spiro atoms. The Morgan fingerprint density at radius 1 is 0.909 bits per heavy atom. The van der Waals surface area contributed by atoms with Crippen LogP contribution in [-0.2, 0) is 6.42 Å². The van der Waals surface area contributed by atoms with Crippen LogP contribution >= 0.6 is 22.6 Å². The van der Waals surface area contributed by atoms with E-state index in [4.69, 9.17) is 4.74 Å². The first-order valence-corrected chi connectivity index (χ1v) is 8.19. The van der Waals surface area contributed by atoms with E-state index in [0.717, 1.165) is 17.1 Å². The second-order valence-electron chi connectivity index (χ2n) is 5.01. The molecule has 0 aliphatic heterocycles. The third-order valence-corrected chi connectivity index (χ3v) is 4.16. The van der Waals surface area contributed by atoms with Gasteiger partial charge in [0.25, 0.3) is 0 Å². The van der Waals surface area contributed by atoms with Crippen molar-refractivity contribution in [3.05, 3.63) is 60.2 Å². The van der Waals surface area contributed by atoms with E-state index >= 15 is 0 Å². The summed E-state index contributed by atoms with van der Waals surface area (Å²) in [4.78, 5) is 0. The first kappa shape index (κ1) is 17.1. The first-order chi connectivity index (χ1) is 10.4. The number of hydrogen-bond acceptors (Lipinski definition) is 1. The summed E-state index contributed by atoms with van der Waals surface area (Å²) in [5.74, 6) is 1.47. The van der Waals surface area contributed by atoms with E-state index in [-0.39, 0.29) is 10.3 Å². The van der Waals surface area contributed by atoms with Gasteiger partial charge in [0, 0.05) is 10.3 Å². The van der Waals surface area contributed by atoms with Crippen molar-refractivity contribution >= 4 is 22.6 Å². The summed E-state index contributed by atoms with van der Waals surface area (Å²) in [7, 11) is 0. The van der Waals surface area contributed by atoms with E-state index < -0.39 is 12.6 Å². The lowest BCUT2D eigenvalue weighted by Crippen LogP contribution is -2.12. The molecule has 2 aromatic carbocycles. The minimum Gasteiger partial charge on any atom is -0.457 e. The summed E-state index contributed by atoms with van der Waals surface area (Å²) in [5.41, 5.74) is 1.02. The maximum atomic E-state index is 12.2. The van der Waals surface area contributed by atoms with Crippen LogP contribution < -0.4 is 4.74 Å². The Labute approximate surface area is 141 Å². The lowest BCUT2D eigenvalue weighted by Gasteiger charge is -2.12. The van der Waals surface area contributed by atoms with Crippen LogP contribution in [-0.4, -0.2) is 10.1 Å². The molecule has 0 saturated carbocycles. The SMILES string of the molecule is FC(F)(F)CCC(I)Cc1ccc(Oc2ccccc2)cc1. The van der Waals surface area contributed by atoms with Crippen molar-refractivity contribution in [2.24, 2.45) is 0 Å². The summed E-state index contributed by atoms with van der Waals surface area (Å²) >= 11 is 2.08. The molecule has 0 bridgehead atoms. The highest BCUT2D eigenvalue weighted by atomic mass is 127. The van der Waals surface area contributed by atoms with Gasteiger partial charge in [-0.25, -0.2) is 0 Å². The van der Waals surface area contributed by atoms with E-state index in [9.17, 15) is 13.2 Å². The maximum absolute atomic E-state index is 12.2.